The maximum absolute atomic E-state index is 11.1. The molecule has 0 aliphatic carbocycles. The number of ether oxygens (including phenoxy) is 1. The number of esters is 1. The van der Waals surface area contributed by atoms with Crippen molar-refractivity contribution in [3.63, 3.8) is 0 Å². The fourth-order valence-corrected chi connectivity index (χ4v) is 1.30. The molecule has 0 fully saturated rings. The van der Waals surface area contributed by atoms with Crippen molar-refractivity contribution in [2.45, 2.75) is 26.7 Å². The molecule has 1 aromatic heterocycles. The van der Waals surface area contributed by atoms with E-state index in [9.17, 15) is 4.79 Å². The van der Waals surface area contributed by atoms with Gasteiger partial charge in [-0.15, -0.1) is 0 Å². The molecule has 6 heteroatoms. The Kier molecular flexibility index (Phi) is 6.53. The second-order valence-electron chi connectivity index (χ2n) is 3.67. The third-order valence-corrected chi connectivity index (χ3v) is 2.13. The SMILES string of the molecule is CCCNc1nccc(NCCC(=O)OCC)n1. The van der Waals surface area contributed by atoms with Crippen molar-refractivity contribution < 1.29 is 9.53 Å². The summed E-state index contributed by atoms with van der Waals surface area (Å²) in [7, 11) is 0. The topological polar surface area (TPSA) is 76.1 Å². The number of hydrogen-bond acceptors (Lipinski definition) is 6. The van der Waals surface area contributed by atoms with Crippen LogP contribution in [0.1, 0.15) is 26.7 Å². The van der Waals surface area contributed by atoms with E-state index in [1.54, 1.807) is 19.2 Å². The molecule has 0 bridgehead atoms. The summed E-state index contributed by atoms with van der Waals surface area (Å²) >= 11 is 0. The number of nitrogens with one attached hydrogen (secondary N) is 2. The minimum absolute atomic E-state index is 0.205. The first kappa shape index (κ1) is 14.2. The van der Waals surface area contributed by atoms with Crippen molar-refractivity contribution in [3.05, 3.63) is 12.3 Å². The molecule has 0 saturated heterocycles. The quantitative estimate of drug-likeness (QED) is 0.685. The molecule has 1 rings (SSSR count). The largest absolute Gasteiger partial charge is 0.466 e. The van der Waals surface area contributed by atoms with Crippen LogP contribution in [0, 0.1) is 0 Å². The molecule has 100 valence electrons. The molecule has 18 heavy (non-hydrogen) atoms. The standard InChI is InChI=1S/C12H20N4O2/c1-3-7-14-12-15-8-5-10(16-12)13-9-6-11(17)18-4-2/h5,8H,3-4,6-7,9H2,1-2H3,(H2,13,14,15,16). The van der Waals surface area contributed by atoms with Gasteiger partial charge in [-0.25, -0.2) is 4.98 Å². The summed E-state index contributed by atoms with van der Waals surface area (Å²) in [5.74, 6) is 1.09. The predicted molar refractivity (Wildman–Crippen MR) is 70.6 cm³/mol. The number of anilines is 2. The van der Waals surface area contributed by atoms with Crippen molar-refractivity contribution in [1.82, 2.24) is 9.97 Å². The van der Waals surface area contributed by atoms with Crippen LogP contribution in [-0.4, -0.2) is 35.6 Å². The van der Waals surface area contributed by atoms with Crippen LogP contribution in [0.2, 0.25) is 0 Å². The Labute approximate surface area is 107 Å². The molecule has 0 saturated carbocycles. The number of hydrogen-bond donors (Lipinski definition) is 2. The molecule has 0 atom stereocenters. The van der Waals surface area contributed by atoms with E-state index >= 15 is 0 Å². The molecule has 0 spiro atoms. The van der Waals surface area contributed by atoms with Crippen LogP contribution in [0.15, 0.2) is 12.3 Å². The molecule has 1 heterocycles. The van der Waals surface area contributed by atoms with Crippen molar-refractivity contribution in [2.24, 2.45) is 0 Å². The number of carbonyl (C=O) groups is 1. The Morgan fingerprint density at radius 2 is 2.17 bits per heavy atom. The van der Waals surface area contributed by atoms with Crippen LogP contribution in [0.4, 0.5) is 11.8 Å². The van der Waals surface area contributed by atoms with E-state index in [-0.39, 0.29) is 5.97 Å². The number of rotatable bonds is 8. The Hall–Kier alpha value is -1.85. The Morgan fingerprint density at radius 3 is 2.89 bits per heavy atom. The third-order valence-electron chi connectivity index (χ3n) is 2.13. The van der Waals surface area contributed by atoms with Gasteiger partial charge in [-0.2, -0.15) is 4.98 Å². The number of carbonyl (C=O) groups excluding carboxylic acids is 1. The molecule has 1 aromatic rings. The lowest BCUT2D eigenvalue weighted by Crippen LogP contribution is -2.12. The van der Waals surface area contributed by atoms with E-state index in [4.69, 9.17) is 4.74 Å². The van der Waals surface area contributed by atoms with Gasteiger partial charge in [0, 0.05) is 19.3 Å². The monoisotopic (exact) mass is 252 g/mol. The first-order valence-corrected chi connectivity index (χ1v) is 6.22. The van der Waals surface area contributed by atoms with Crippen LogP contribution in [0.25, 0.3) is 0 Å². The van der Waals surface area contributed by atoms with E-state index in [0.717, 1.165) is 13.0 Å². The third kappa shape index (κ3) is 5.47. The molecular weight excluding hydrogens is 232 g/mol. The van der Waals surface area contributed by atoms with Gasteiger partial charge in [0.2, 0.25) is 5.95 Å². The summed E-state index contributed by atoms with van der Waals surface area (Å²) in [5.41, 5.74) is 0. The lowest BCUT2D eigenvalue weighted by molar-refractivity contribution is -0.142. The van der Waals surface area contributed by atoms with Gasteiger partial charge in [0.25, 0.3) is 0 Å². The Bertz CT molecular complexity index is 371. The zero-order valence-corrected chi connectivity index (χ0v) is 10.9. The minimum Gasteiger partial charge on any atom is -0.466 e. The maximum atomic E-state index is 11.1. The average molecular weight is 252 g/mol. The van der Waals surface area contributed by atoms with Crippen LogP contribution < -0.4 is 10.6 Å². The van der Waals surface area contributed by atoms with Gasteiger partial charge in [0.15, 0.2) is 0 Å². The maximum Gasteiger partial charge on any atom is 0.307 e. The zero-order chi connectivity index (χ0) is 13.2. The number of aromatic nitrogens is 2. The van der Waals surface area contributed by atoms with Crippen molar-refractivity contribution in [2.75, 3.05) is 30.3 Å². The summed E-state index contributed by atoms with van der Waals surface area (Å²) in [6, 6.07) is 1.77. The Balaban J connectivity index is 2.35. The second-order valence-corrected chi connectivity index (χ2v) is 3.67. The normalized spacial score (nSPS) is 9.89. The van der Waals surface area contributed by atoms with Gasteiger partial charge >= 0.3 is 5.97 Å². The fraction of sp³-hybridized carbons (Fsp3) is 0.583. The highest BCUT2D eigenvalue weighted by atomic mass is 16.5. The molecule has 2 N–H and O–H groups in total. The molecule has 0 radical (unpaired) electrons. The molecule has 0 amide bonds. The fourth-order valence-electron chi connectivity index (χ4n) is 1.30. The van der Waals surface area contributed by atoms with E-state index in [2.05, 4.69) is 27.5 Å². The molecule has 0 aliphatic heterocycles. The number of nitrogens with zero attached hydrogens (tertiary/aromatic N) is 2. The van der Waals surface area contributed by atoms with Gasteiger partial charge < -0.3 is 15.4 Å². The highest BCUT2D eigenvalue weighted by Crippen LogP contribution is 2.05. The van der Waals surface area contributed by atoms with Crippen LogP contribution >= 0.6 is 0 Å². The van der Waals surface area contributed by atoms with E-state index in [0.29, 0.717) is 31.3 Å². The lowest BCUT2D eigenvalue weighted by atomic mass is 10.4. The van der Waals surface area contributed by atoms with Crippen LogP contribution in [0.3, 0.4) is 0 Å². The summed E-state index contributed by atoms with van der Waals surface area (Å²) < 4.78 is 4.83. The van der Waals surface area contributed by atoms with Crippen LogP contribution in [-0.2, 0) is 9.53 Å². The summed E-state index contributed by atoms with van der Waals surface area (Å²) in [6.45, 7) is 5.63. The predicted octanol–water partition coefficient (Wildman–Crippen LogP) is 1.66. The highest BCUT2D eigenvalue weighted by molar-refractivity contribution is 5.69. The van der Waals surface area contributed by atoms with Crippen LogP contribution in [0.5, 0.6) is 0 Å². The van der Waals surface area contributed by atoms with E-state index in [1.807, 2.05) is 0 Å². The Morgan fingerprint density at radius 1 is 1.33 bits per heavy atom. The van der Waals surface area contributed by atoms with Gasteiger partial charge in [0.1, 0.15) is 5.82 Å². The first-order valence-electron chi connectivity index (χ1n) is 6.22. The van der Waals surface area contributed by atoms with E-state index < -0.39 is 0 Å². The first-order chi connectivity index (χ1) is 8.76. The molecule has 0 aliphatic rings. The lowest BCUT2D eigenvalue weighted by Gasteiger charge is -2.07. The van der Waals surface area contributed by atoms with Crippen molar-refractivity contribution >= 4 is 17.7 Å². The molecular formula is C12H20N4O2. The highest BCUT2D eigenvalue weighted by Gasteiger charge is 2.02. The van der Waals surface area contributed by atoms with Gasteiger partial charge in [-0.05, 0) is 19.4 Å². The van der Waals surface area contributed by atoms with Gasteiger partial charge in [-0.3, -0.25) is 4.79 Å². The molecule has 6 nitrogen and oxygen atoms in total. The molecule has 0 aromatic carbocycles. The zero-order valence-electron chi connectivity index (χ0n) is 10.9. The smallest absolute Gasteiger partial charge is 0.307 e. The summed E-state index contributed by atoms with van der Waals surface area (Å²) in [4.78, 5) is 19.5. The van der Waals surface area contributed by atoms with Crippen molar-refractivity contribution in [1.29, 1.82) is 0 Å². The van der Waals surface area contributed by atoms with Crippen molar-refractivity contribution in [3.8, 4) is 0 Å². The van der Waals surface area contributed by atoms with E-state index in [1.165, 1.54) is 0 Å². The average Bonchev–Trinajstić information content (AvgIpc) is 2.37. The second kappa shape index (κ2) is 8.27. The molecule has 0 unspecified atom stereocenters. The summed E-state index contributed by atoms with van der Waals surface area (Å²) in [5, 5.41) is 6.16. The minimum atomic E-state index is -0.205. The van der Waals surface area contributed by atoms with Gasteiger partial charge in [0.05, 0.1) is 13.0 Å². The summed E-state index contributed by atoms with van der Waals surface area (Å²) in [6.07, 6.45) is 3.02. The van der Waals surface area contributed by atoms with Gasteiger partial charge in [-0.1, -0.05) is 6.92 Å².